The third-order valence-electron chi connectivity index (χ3n) is 5.07. The van der Waals surface area contributed by atoms with Crippen molar-refractivity contribution in [1.82, 2.24) is 9.21 Å². The predicted octanol–water partition coefficient (Wildman–Crippen LogP) is 2.19. The molecule has 9 heteroatoms. The first-order chi connectivity index (χ1) is 14.8. The van der Waals surface area contributed by atoms with Gasteiger partial charge in [-0.1, -0.05) is 12.1 Å². The maximum absolute atomic E-state index is 12.6. The molecular weight excluding hydrogens is 418 g/mol. The van der Waals surface area contributed by atoms with Crippen LogP contribution in [0.1, 0.15) is 33.2 Å². The summed E-state index contributed by atoms with van der Waals surface area (Å²) < 4.78 is 31.7. The monoisotopic (exact) mass is 445 g/mol. The number of carbonyl (C=O) groups is 2. The van der Waals surface area contributed by atoms with E-state index in [0.717, 1.165) is 13.1 Å². The van der Waals surface area contributed by atoms with Gasteiger partial charge in [-0.05, 0) is 55.9 Å². The molecule has 0 aromatic heterocycles. The first-order valence-electron chi connectivity index (χ1n) is 10.1. The van der Waals surface area contributed by atoms with Gasteiger partial charge in [0.1, 0.15) is 0 Å². The number of anilines is 1. The summed E-state index contributed by atoms with van der Waals surface area (Å²) in [4.78, 5) is 26.3. The lowest BCUT2D eigenvalue weighted by Gasteiger charge is -2.31. The number of benzene rings is 2. The number of rotatable bonds is 7. The van der Waals surface area contributed by atoms with E-state index in [-0.39, 0.29) is 11.7 Å². The van der Waals surface area contributed by atoms with Crippen molar-refractivity contribution in [2.24, 2.45) is 0 Å². The van der Waals surface area contributed by atoms with E-state index in [1.807, 2.05) is 7.05 Å². The molecule has 1 amide bonds. The van der Waals surface area contributed by atoms with Gasteiger partial charge in [0, 0.05) is 37.4 Å². The normalized spacial score (nSPS) is 15.4. The predicted molar refractivity (Wildman–Crippen MR) is 118 cm³/mol. The quantitative estimate of drug-likeness (QED) is 0.657. The van der Waals surface area contributed by atoms with Crippen LogP contribution in [0, 0.1) is 0 Å². The molecule has 1 N–H and O–H groups in total. The average molecular weight is 446 g/mol. The molecular formula is C22H27N3O5S. The van der Waals surface area contributed by atoms with Crippen molar-refractivity contribution in [3.63, 3.8) is 0 Å². The zero-order valence-electron chi connectivity index (χ0n) is 17.7. The van der Waals surface area contributed by atoms with Crippen LogP contribution in [-0.4, -0.2) is 69.3 Å². The number of carbonyl (C=O) groups excluding carboxylic acids is 2. The van der Waals surface area contributed by atoms with Crippen LogP contribution in [0.5, 0.6) is 0 Å². The Morgan fingerprint density at radius 2 is 1.52 bits per heavy atom. The van der Waals surface area contributed by atoms with Crippen molar-refractivity contribution >= 4 is 27.6 Å². The number of piperazine rings is 1. The maximum atomic E-state index is 12.6. The molecule has 31 heavy (non-hydrogen) atoms. The largest absolute Gasteiger partial charge is 0.462 e. The first kappa shape index (κ1) is 22.9. The van der Waals surface area contributed by atoms with Gasteiger partial charge in [-0.3, -0.25) is 4.79 Å². The Bertz CT molecular complexity index is 1010. The third-order valence-corrected chi connectivity index (χ3v) is 6.92. The van der Waals surface area contributed by atoms with E-state index < -0.39 is 16.0 Å². The van der Waals surface area contributed by atoms with Crippen LogP contribution in [-0.2, 0) is 20.5 Å². The van der Waals surface area contributed by atoms with Gasteiger partial charge in [0.05, 0.1) is 17.9 Å². The van der Waals surface area contributed by atoms with Gasteiger partial charge in [-0.25, -0.2) is 13.2 Å². The fraction of sp³-hybridized carbons (Fsp3) is 0.364. The lowest BCUT2D eigenvalue weighted by Crippen LogP contribution is -2.47. The first-order valence-corrected chi connectivity index (χ1v) is 11.7. The molecule has 0 radical (unpaired) electrons. The fourth-order valence-corrected chi connectivity index (χ4v) is 4.74. The second-order valence-electron chi connectivity index (χ2n) is 7.41. The third kappa shape index (κ3) is 6.13. The lowest BCUT2D eigenvalue weighted by molar-refractivity contribution is 0.0526. The summed E-state index contributed by atoms with van der Waals surface area (Å²) in [7, 11) is -1.41. The molecule has 8 nitrogen and oxygen atoms in total. The van der Waals surface area contributed by atoms with Crippen molar-refractivity contribution in [2.45, 2.75) is 12.7 Å². The summed E-state index contributed by atoms with van der Waals surface area (Å²) >= 11 is 0. The molecule has 1 heterocycles. The number of likely N-dealkylation sites (N-methyl/N-ethyl adjacent to an activating group) is 1. The molecule has 1 fully saturated rings. The lowest BCUT2D eigenvalue weighted by atomic mass is 10.1. The van der Waals surface area contributed by atoms with Crippen LogP contribution in [0.15, 0.2) is 48.5 Å². The summed E-state index contributed by atoms with van der Waals surface area (Å²) in [5.41, 5.74) is 2.00. The summed E-state index contributed by atoms with van der Waals surface area (Å²) in [5, 5.41) is 2.76. The SMILES string of the molecule is CCOC(=O)c1ccc(NC(=O)c2ccc(CS(=O)(=O)N3CCN(C)CC3)cc2)cc1. The van der Waals surface area contributed by atoms with Crippen LogP contribution >= 0.6 is 0 Å². The maximum Gasteiger partial charge on any atom is 0.338 e. The smallest absolute Gasteiger partial charge is 0.338 e. The number of amides is 1. The number of nitrogens with zero attached hydrogens (tertiary/aromatic N) is 2. The van der Waals surface area contributed by atoms with E-state index in [0.29, 0.717) is 42.1 Å². The standard InChI is InChI=1S/C22H27N3O5S/c1-3-30-22(27)19-8-10-20(11-9-19)23-21(26)18-6-4-17(5-7-18)16-31(28,29)25-14-12-24(2)13-15-25/h4-11H,3,12-16H2,1-2H3,(H,23,26). The molecule has 2 aromatic carbocycles. The van der Waals surface area contributed by atoms with E-state index in [1.54, 1.807) is 55.5 Å². The molecule has 3 rings (SSSR count). The second kappa shape index (κ2) is 10.0. The van der Waals surface area contributed by atoms with Crippen molar-refractivity contribution in [2.75, 3.05) is 45.2 Å². The number of hydrogen-bond donors (Lipinski definition) is 1. The summed E-state index contributed by atoms with van der Waals surface area (Å²) in [6, 6.07) is 13.0. The zero-order chi connectivity index (χ0) is 22.4. The number of nitrogens with one attached hydrogen (secondary N) is 1. The molecule has 0 atom stereocenters. The molecule has 0 spiro atoms. The molecule has 1 saturated heterocycles. The molecule has 166 valence electrons. The van der Waals surface area contributed by atoms with E-state index in [1.165, 1.54) is 4.31 Å². The van der Waals surface area contributed by atoms with Crippen LogP contribution in [0.2, 0.25) is 0 Å². The zero-order valence-corrected chi connectivity index (χ0v) is 18.5. The van der Waals surface area contributed by atoms with Crippen molar-refractivity contribution in [3.8, 4) is 0 Å². The number of ether oxygens (including phenoxy) is 1. The Labute approximate surface area is 182 Å². The van der Waals surface area contributed by atoms with Gasteiger partial charge < -0.3 is 15.0 Å². The molecule has 1 aliphatic rings. The minimum atomic E-state index is -3.39. The van der Waals surface area contributed by atoms with Crippen LogP contribution in [0.3, 0.4) is 0 Å². The van der Waals surface area contributed by atoms with Crippen LogP contribution < -0.4 is 5.32 Å². The van der Waals surface area contributed by atoms with Crippen LogP contribution in [0.25, 0.3) is 0 Å². The molecule has 2 aromatic rings. The van der Waals surface area contributed by atoms with E-state index >= 15 is 0 Å². The minimum absolute atomic E-state index is 0.0894. The van der Waals surface area contributed by atoms with Gasteiger partial charge >= 0.3 is 5.97 Å². The highest BCUT2D eigenvalue weighted by atomic mass is 32.2. The van der Waals surface area contributed by atoms with E-state index in [4.69, 9.17) is 4.74 Å². The van der Waals surface area contributed by atoms with Crippen molar-refractivity contribution < 1.29 is 22.7 Å². The van der Waals surface area contributed by atoms with Gasteiger partial charge in [0.25, 0.3) is 5.91 Å². The summed E-state index contributed by atoms with van der Waals surface area (Å²) in [5.74, 6) is -0.826. The molecule has 0 unspecified atom stereocenters. The summed E-state index contributed by atoms with van der Waals surface area (Å²) in [6.45, 7) is 4.46. The van der Waals surface area contributed by atoms with Gasteiger partial charge in [0.2, 0.25) is 10.0 Å². The fourth-order valence-electron chi connectivity index (χ4n) is 3.23. The Balaban J connectivity index is 1.59. The minimum Gasteiger partial charge on any atom is -0.462 e. The molecule has 0 aliphatic carbocycles. The Morgan fingerprint density at radius 1 is 0.935 bits per heavy atom. The van der Waals surface area contributed by atoms with E-state index in [9.17, 15) is 18.0 Å². The molecule has 0 bridgehead atoms. The number of hydrogen-bond acceptors (Lipinski definition) is 6. The molecule has 0 saturated carbocycles. The Kier molecular flexibility index (Phi) is 7.42. The Hall–Kier alpha value is -2.75. The van der Waals surface area contributed by atoms with E-state index in [2.05, 4.69) is 10.2 Å². The van der Waals surface area contributed by atoms with Crippen molar-refractivity contribution in [1.29, 1.82) is 0 Å². The average Bonchev–Trinajstić information content (AvgIpc) is 2.75. The number of sulfonamides is 1. The van der Waals surface area contributed by atoms with Gasteiger partial charge in [-0.15, -0.1) is 0 Å². The highest BCUT2D eigenvalue weighted by Gasteiger charge is 2.25. The number of esters is 1. The van der Waals surface area contributed by atoms with Gasteiger partial charge in [-0.2, -0.15) is 4.31 Å². The van der Waals surface area contributed by atoms with Gasteiger partial charge in [0.15, 0.2) is 0 Å². The Morgan fingerprint density at radius 3 is 2.10 bits per heavy atom. The summed E-state index contributed by atoms with van der Waals surface area (Å²) in [6.07, 6.45) is 0. The van der Waals surface area contributed by atoms with Crippen LogP contribution in [0.4, 0.5) is 5.69 Å². The highest BCUT2D eigenvalue weighted by Crippen LogP contribution is 2.16. The van der Waals surface area contributed by atoms with Crippen molar-refractivity contribution in [3.05, 3.63) is 65.2 Å². The second-order valence-corrected chi connectivity index (χ2v) is 9.38. The molecule has 1 aliphatic heterocycles. The highest BCUT2D eigenvalue weighted by molar-refractivity contribution is 7.88. The topological polar surface area (TPSA) is 96.0 Å².